The molecule has 0 aliphatic carbocycles. The third-order valence-corrected chi connectivity index (χ3v) is 2.66. The average molecular weight is 227 g/mol. The van der Waals surface area contributed by atoms with Gasteiger partial charge in [0.1, 0.15) is 6.10 Å². The molecule has 1 aliphatic rings. The Labute approximate surface area is 98.9 Å². The van der Waals surface area contributed by atoms with Crippen LogP contribution in [-0.4, -0.2) is 24.2 Å². The first kappa shape index (κ1) is 13.5. The molecule has 1 amide bonds. The number of amides is 1. The van der Waals surface area contributed by atoms with E-state index in [1.165, 1.54) is 0 Å². The minimum absolute atomic E-state index is 0.0479. The third-order valence-electron chi connectivity index (χ3n) is 2.66. The van der Waals surface area contributed by atoms with Crippen LogP contribution in [0.3, 0.4) is 0 Å². The van der Waals surface area contributed by atoms with Crippen LogP contribution in [0.5, 0.6) is 0 Å². The van der Waals surface area contributed by atoms with Gasteiger partial charge in [-0.05, 0) is 38.5 Å². The van der Waals surface area contributed by atoms with E-state index in [2.05, 4.69) is 39.9 Å². The van der Waals surface area contributed by atoms with E-state index in [1.807, 2.05) is 0 Å². The molecule has 0 aromatic rings. The average Bonchev–Trinajstić information content (AvgIpc) is 2.48. The van der Waals surface area contributed by atoms with Crippen molar-refractivity contribution in [1.29, 1.82) is 0 Å². The summed E-state index contributed by atoms with van der Waals surface area (Å²) >= 11 is 0. The van der Waals surface area contributed by atoms with Gasteiger partial charge >= 0.3 is 0 Å². The van der Waals surface area contributed by atoms with E-state index >= 15 is 0 Å². The number of hydrogen-bond donors (Lipinski definition) is 1. The Morgan fingerprint density at radius 2 is 1.94 bits per heavy atom. The lowest BCUT2D eigenvalue weighted by molar-refractivity contribution is -0.132. The van der Waals surface area contributed by atoms with Crippen LogP contribution in [-0.2, 0) is 9.53 Å². The van der Waals surface area contributed by atoms with Gasteiger partial charge in [0.2, 0.25) is 5.91 Å². The second kappa shape index (κ2) is 4.74. The van der Waals surface area contributed by atoms with Crippen LogP contribution in [0.4, 0.5) is 0 Å². The number of carbonyl (C=O) groups is 1. The molecule has 0 saturated carbocycles. The molecule has 0 aromatic heterocycles. The van der Waals surface area contributed by atoms with Crippen LogP contribution < -0.4 is 5.32 Å². The van der Waals surface area contributed by atoms with Crippen molar-refractivity contribution < 1.29 is 9.53 Å². The molecule has 1 heterocycles. The highest BCUT2D eigenvalue weighted by Crippen LogP contribution is 2.27. The summed E-state index contributed by atoms with van der Waals surface area (Å²) in [5, 5.41) is 3.09. The topological polar surface area (TPSA) is 38.3 Å². The molecular weight excluding hydrogens is 202 g/mol. The molecule has 0 bridgehead atoms. The molecule has 1 saturated heterocycles. The van der Waals surface area contributed by atoms with Crippen LogP contribution >= 0.6 is 0 Å². The minimum Gasteiger partial charge on any atom is -0.368 e. The lowest BCUT2D eigenvalue weighted by Gasteiger charge is -2.34. The molecule has 3 heteroatoms. The standard InChI is InChI=1S/C13H25NO2/c1-12(2,3)9-13(4,5)14-11(15)10-7-6-8-16-10/h10H,6-9H2,1-5H3,(H,14,15)/t10-/m0/s1. The lowest BCUT2D eigenvalue weighted by Crippen LogP contribution is -2.49. The molecule has 1 fully saturated rings. The van der Waals surface area contributed by atoms with Crippen molar-refractivity contribution in [2.45, 2.75) is 65.5 Å². The molecular formula is C13H25NO2. The Morgan fingerprint density at radius 1 is 1.31 bits per heavy atom. The first-order chi connectivity index (χ1) is 7.20. The Balaban J connectivity index is 2.48. The van der Waals surface area contributed by atoms with E-state index < -0.39 is 0 Å². The van der Waals surface area contributed by atoms with E-state index in [0.717, 1.165) is 25.9 Å². The maximum atomic E-state index is 11.9. The molecule has 1 rings (SSSR count). The molecule has 1 atom stereocenters. The number of nitrogens with one attached hydrogen (secondary N) is 1. The van der Waals surface area contributed by atoms with Gasteiger partial charge in [0, 0.05) is 12.1 Å². The minimum atomic E-state index is -0.223. The molecule has 0 unspecified atom stereocenters. The quantitative estimate of drug-likeness (QED) is 0.804. The Kier molecular flexibility index (Phi) is 4.00. The van der Waals surface area contributed by atoms with Crippen molar-refractivity contribution in [1.82, 2.24) is 5.32 Å². The Hall–Kier alpha value is -0.570. The van der Waals surface area contributed by atoms with Crippen LogP contribution in [0.25, 0.3) is 0 Å². The maximum absolute atomic E-state index is 11.9. The van der Waals surface area contributed by atoms with Gasteiger partial charge in [0.05, 0.1) is 0 Å². The summed E-state index contributed by atoms with van der Waals surface area (Å²) in [5.74, 6) is 0.0479. The number of ether oxygens (including phenoxy) is 1. The molecule has 0 spiro atoms. The second-order valence-corrected chi connectivity index (χ2v) is 6.61. The summed E-state index contributed by atoms with van der Waals surface area (Å²) in [6.45, 7) is 11.4. The van der Waals surface area contributed by atoms with E-state index in [1.54, 1.807) is 0 Å². The molecule has 0 radical (unpaired) electrons. The zero-order valence-corrected chi connectivity index (χ0v) is 11.2. The highest BCUT2D eigenvalue weighted by atomic mass is 16.5. The SMILES string of the molecule is CC(C)(C)CC(C)(C)NC(=O)[C@@H]1CCCO1. The zero-order chi connectivity index (χ0) is 12.4. The first-order valence-corrected chi connectivity index (χ1v) is 6.13. The van der Waals surface area contributed by atoms with E-state index in [0.29, 0.717) is 0 Å². The highest BCUT2D eigenvalue weighted by Gasteiger charge is 2.31. The van der Waals surface area contributed by atoms with Gasteiger partial charge < -0.3 is 10.1 Å². The van der Waals surface area contributed by atoms with Crippen LogP contribution in [0, 0.1) is 5.41 Å². The van der Waals surface area contributed by atoms with Crippen molar-refractivity contribution in [2.75, 3.05) is 6.61 Å². The molecule has 16 heavy (non-hydrogen) atoms. The number of rotatable bonds is 3. The highest BCUT2D eigenvalue weighted by molar-refractivity contribution is 5.81. The van der Waals surface area contributed by atoms with E-state index in [-0.39, 0.29) is 23.0 Å². The summed E-state index contributed by atoms with van der Waals surface area (Å²) < 4.78 is 5.38. The van der Waals surface area contributed by atoms with Gasteiger partial charge in [-0.3, -0.25) is 4.79 Å². The van der Waals surface area contributed by atoms with Crippen LogP contribution in [0.2, 0.25) is 0 Å². The second-order valence-electron chi connectivity index (χ2n) is 6.61. The van der Waals surface area contributed by atoms with Crippen molar-refractivity contribution in [2.24, 2.45) is 5.41 Å². The number of carbonyl (C=O) groups excluding carboxylic acids is 1. The smallest absolute Gasteiger partial charge is 0.249 e. The van der Waals surface area contributed by atoms with Gasteiger partial charge in [0.15, 0.2) is 0 Å². The number of hydrogen-bond acceptors (Lipinski definition) is 2. The molecule has 1 N–H and O–H groups in total. The fourth-order valence-corrected chi connectivity index (χ4v) is 2.57. The van der Waals surface area contributed by atoms with Gasteiger partial charge in [-0.25, -0.2) is 0 Å². The zero-order valence-electron chi connectivity index (χ0n) is 11.2. The van der Waals surface area contributed by atoms with Gasteiger partial charge in [-0.1, -0.05) is 20.8 Å². The lowest BCUT2D eigenvalue weighted by atomic mass is 9.81. The molecule has 0 aromatic carbocycles. The summed E-state index contributed by atoms with van der Waals surface area (Å²) in [4.78, 5) is 11.9. The molecule has 3 nitrogen and oxygen atoms in total. The summed E-state index contributed by atoms with van der Waals surface area (Å²) in [6.07, 6.45) is 2.59. The predicted molar refractivity (Wildman–Crippen MR) is 65.3 cm³/mol. The predicted octanol–water partition coefficient (Wildman–Crippen LogP) is 2.50. The summed E-state index contributed by atoms with van der Waals surface area (Å²) in [6, 6.07) is 0. The molecule has 1 aliphatic heterocycles. The van der Waals surface area contributed by atoms with Gasteiger partial charge in [0.25, 0.3) is 0 Å². The van der Waals surface area contributed by atoms with E-state index in [9.17, 15) is 4.79 Å². The van der Waals surface area contributed by atoms with Crippen molar-refractivity contribution in [3.05, 3.63) is 0 Å². The summed E-state index contributed by atoms with van der Waals surface area (Å²) in [7, 11) is 0. The van der Waals surface area contributed by atoms with E-state index in [4.69, 9.17) is 4.74 Å². The molecule has 94 valence electrons. The maximum Gasteiger partial charge on any atom is 0.249 e. The van der Waals surface area contributed by atoms with Crippen LogP contribution in [0.1, 0.15) is 53.9 Å². The van der Waals surface area contributed by atoms with Crippen molar-refractivity contribution in [3.63, 3.8) is 0 Å². The van der Waals surface area contributed by atoms with Gasteiger partial charge in [-0.2, -0.15) is 0 Å². The van der Waals surface area contributed by atoms with Gasteiger partial charge in [-0.15, -0.1) is 0 Å². The fourth-order valence-electron chi connectivity index (χ4n) is 2.57. The summed E-state index contributed by atoms with van der Waals surface area (Å²) in [5.41, 5.74) is 0.0502. The van der Waals surface area contributed by atoms with Crippen molar-refractivity contribution >= 4 is 5.91 Å². The fraction of sp³-hybridized carbons (Fsp3) is 0.923. The largest absolute Gasteiger partial charge is 0.368 e. The normalized spacial score (nSPS) is 22.2. The Bertz CT molecular complexity index is 247. The third kappa shape index (κ3) is 4.52. The van der Waals surface area contributed by atoms with Crippen LogP contribution in [0.15, 0.2) is 0 Å². The van der Waals surface area contributed by atoms with Crippen molar-refractivity contribution in [3.8, 4) is 0 Å². The monoisotopic (exact) mass is 227 g/mol. The Morgan fingerprint density at radius 3 is 2.38 bits per heavy atom. The first-order valence-electron chi connectivity index (χ1n) is 6.13.